The molecule has 0 aromatic heterocycles. The zero-order chi connectivity index (χ0) is 4.50. The van der Waals surface area contributed by atoms with E-state index < -0.39 is 7.82 Å². The molecule has 6 heavy (non-hydrogen) atoms. The Labute approximate surface area is 84.7 Å². The van der Waals surface area contributed by atoms with Crippen LogP contribution in [-0.4, -0.2) is 66.1 Å². The van der Waals surface area contributed by atoms with Gasteiger partial charge in [0.2, 0.25) is 0 Å². The van der Waals surface area contributed by atoms with Crippen molar-refractivity contribution in [3.8, 4) is 0 Å². The average molecular weight is 143 g/mol. The third kappa shape index (κ3) is 42.4. The molecule has 0 fully saturated rings. The van der Waals surface area contributed by atoms with Crippen LogP contribution in [0.2, 0.25) is 0 Å². The molecular formula is H9KO4P+5. The molecule has 0 aliphatic rings. The third-order valence-corrected chi connectivity index (χ3v) is 0. The monoisotopic (exact) mass is 143 g/mol. The van der Waals surface area contributed by atoms with E-state index >= 15 is 0 Å². The summed E-state index contributed by atoms with van der Waals surface area (Å²) in [5, 5.41) is 0. The molecule has 0 aromatic rings. The number of hydrogen-bond acceptors (Lipinski definition) is 1. The van der Waals surface area contributed by atoms with Gasteiger partial charge >= 0.3 is 66.3 Å². The predicted molar refractivity (Wildman–Crippen MR) is 27.0 cm³/mol. The van der Waals surface area contributed by atoms with Crippen LogP contribution < -0.4 is 0 Å². The van der Waals surface area contributed by atoms with E-state index in [-0.39, 0.29) is 58.5 Å². The van der Waals surface area contributed by atoms with Crippen LogP contribution in [0.3, 0.4) is 0 Å². The van der Waals surface area contributed by atoms with E-state index in [2.05, 4.69) is 0 Å². The van der Waals surface area contributed by atoms with Crippen molar-refractivity contribution in [3.63, 3.8) is 0 Å². The summed E-state index contributed by atoms with van der Waals surface area (Å²) in [6.45, 7) is 0. The molecule has 0 bridgehead atoms. The molecule has 4 nitrogen and oxygen atoms in total. The van der Waals surface area contributed by atoms with Crippen LogP contribution >= 0.6 is 7.82 Å². The van der Waals surface area contributed by atoms with Gasteiger partial charge in [0.25, 0.3) is 0 Å². The summed E-state index contributed by atoms with van der Waals surface area (Å²) in [5.74, 6) is 0. The molecule has 3 N–H and O–H groups in total. The minimum absolute atomic E-state index is 0. The van der Waals surface area contributed by atoms with Crippen molar-refractivity contribution in [2.45, 2.75) is 0 Å². The normalized spacial score (nSPS) is 9.83. The molecule has 0 spiro atoms. The zero-order valence-corrected chi connectivity index (χ0v) is 3.09. The Kier molecular flexibility index (Phi) is 6.61. The summed E-state index contributed by atoms with van der Waals surface area (Å²) in [5.41, 5.74) is 0. The van der Waals surface area contributed by atoms with Crippen LogP contribution in [0.15, 0.2) is 0 Å². The summed E-state index contributed by atoms with van der Waals surface area (Å²) in [6.07, 6.45) is 0. The molecule has 0 saturated carbocycles. The number of rotatable bonds is 0. The van der Waals surface area contributed by atoms with Gasteiger partial charge in [-0.1, -0.05) is 0 Å². The van der Waals surface area contributed by atoms with Gasteiger partial charge in [-0.2, -0.15) is 0 Å². The first-order valence-corrected chi connectivity index (χ1v) is 2.35. The van der Waals surface area contributed by atoms with E-state index in [1.165, 1.54) is 0 Å². The molecule has 0 radical (unpaired) electrons. The standard InChI is InChI=1S/K.H3O4P.H/c;1-5(2,3)4;/h;(H3,1,2,3,4);/p+5. The first-order valence-electron chi connectivity index (χ1n) is 0.783. The van der Waals surface area contributed by atoms with Gasteiger partial charge in [-0.3, -0.25) is 0 Å². The van der Waals surface area contributed by atoms with Gasteiger partial charge in [0.05, 0.1) is 0 Å². The van der Waals surface area contributed by atoms with Crippen molar-refractivity contribution in [1.29, 1.82) is 0 Å². The van der Waals surface area contributed by atoms with E-state index in [0.29, 0.717) is 0 Å². The summed E-state index contributed by atoms with van der Waals surface area (Å²) in [4.78, 5) is 21.6. The minimum atomic E-state index is -4.64. The average Bonchev–Trinajstić information content (AvgIpc) is 0.722. The van der Waals surface area contributed by atoms with Crippen LogP contribution in [0.5, 0.6) is 0 Å². The van der Waals surface area contributed by atoms with Crippen molar-refractivity contribution in [2.75, 3.05) is 0 Å². The number of phosphoric acid groups is 1. The molecular weight excluding hydrogens is 134 g/mol. The summed E-state index contributed by atoms with van der Waals surface area (Å²) >= 11 is 0. The molecule has 0 aliphatic carbocycles. The maximum absolute atomic E-state index is 8.88. The van der Waals surface area contributed by atoms with Gasteiger partial charge in [0, 0.05) is 0 Å². The van der Waals surface area contributed by atoms with Gasteiger partial charge in [-0.05, 0) is 0 Å². The van der Waals surface area contributed by atoms with E-state index in [1.54, 1.807) is 0 Å². The molecule has 6 heteroatoms. The number of hydrogen-bond donors (Lipinski definition) is 3. The predicted octanol–water partition coefficient (Wildman–Crippen LogP) is -1.01. The van der Waals surface area contributed by atoms with Gasteiger partial charge in [-0.15, -0.1) is 0 Å². The van der Waals surface area contributed by atoms with E-state index in [0.717, 1.165) is 0 Å². The molecule has 0 atom stereocenters. The fourth-order valence-electron chi connectivity index (χ4n) is 0. The Bertz CT molecular complexity index is 64.6. The van der Waals surface area contributed by atoms with Crippen LogP contribution in [0.1, 0.15) is 7.13 Å². The summed E-state index contributed by atoms with van der Waals surface area (Å²) < 4.78 is 8.88. The van der Waals surface area contributed by atoms with E-state index in [1.807, 2.05) is 0 Å². The van der Waals surface area contributed by atoms with Crippen molar-refractivity contribution in [1.82, 2.24) is 0 Å². The van der Waals surface area contributed by atoms with Crippen LogP contribution in [0.4, 0.5) is 0 Å². The molecule has 0 aliphatic heterocycles. The first-order chi connectivity index (χ1) is 2.00. The fraction of sp³-hybridized carbons (Fsp3) is 0. The van der Waals surface area contributed by atoms with Gasteiger partial charge < -0.3 is 14.7 Å². The van der Waals surface area contributed by atoms with Gasteiger partial charge in [0.1, 0.15) is 0 Å². The second-order valence-corrected chi connectivity index (χ2v) is 1.54. The maximum atomic E-state index is 8.88. The Balaban J connectivity index is -0.00000000533. The fourth-order valence-corrected chi connectivity index (χ4v) is 0. The second-order valence-electron chi connectivity index (χ2n) is 0.513. The summed E-state index contributed by atoms with van der Waals surface area (Å²) in [6, 6.07) is 0. The Morgan fingerprint density at radius 3 is 1.33 bits per heavy atom. The topological polar surface area (TPSA) is 77.8 Å². The molecule has 0 unspecified atom stereocenters. The van der Waals surface area contributed by atoms with E-state index in [9.17, 15) is 0 Å². The third-order valence-electron chi connectivity index (χ3n) is 0. The molecule has 0 saturated heterocycles. The molecule has 0 rings (SSSR count). The van der Waals surface area contributed by atoms with Crippen LogP contribution in [-0.2, 0) is 4.57 Å². The second kappa shape index (κ2) is 3.71. The van der Waals surface area contributed by atoms with Crippen molar-refractivity contribution in [2.24, 2.45) is 0 Å². The van der Waals surface area contributed by atoms with E-state index in [4.69, 9.17) is 19.2 Å². The first kappa shape index (κ1) is 10.7. The molecule has 34 valence electrons. The Morgan fingerprint density at radius 1 is 1.33 bits per heavy atom. The Hall–Kier alpha value is 1.75. The Morgan fingerprint density at radius 2 is 1.33 bits per heavy atom. The van der Waals surface area contributed by atoms with Crippen molar-refractivity contribution < 1.29 is 26.4 Å². The summed E-state index contributed by atoms with van der Waals surface area (Å²) in [7, 11) is -4.64. The van der Waals surface area contributed by atoms with Crippen LogP contribution in [0.25, 0.3) is 0 Å². The molecule has 0 aromatic carbocycles. The SMILES string of the molecule is O=P(O)(O)O.[H+].[H+].[H+].[H+].[H+].[KH]. The van der Waals surface area contributed by atoms with Crippen molar-refractivity contribution >= 4 is 59.2 Å². The van der Waals surface area contributed by atoms with Gasteiger partial charge in [0.15, 0.2) is 0 Å². The van der Waals surface area contributed by atoms with Crippen molar-refractivity contribution in [3.05, 3.63) is 0 Å². The molecule has 0 amide bonds. The van der Waals surface area contributed by atoms with Gasteiger partial charge in [-0.25, -0.2) is 4.57 Å². The quantitative estimate of drug-likeness (QED) is 0.300. The zero-order valence-electron chi connectivity index (χ0n) is 7.20. The molecule has 0 heterocycles. The van der Waals surface area contributed by atoms with Crippen LogP contribution in [0, 0.1) is 0 Å².